The predicted molar refractivity (Wildman–Crippen MR) is 81.6 cm³/mol. The minimum Gasteiger partial charge on any atom is -0.271 e. The number of halogens is 1. The van der Waals surface area contributed by atoms with E-state index in [0.717, 1.165) is 12.8 Å². The Labute approximate surface area is 126 Å². The van der Waals surface area contributed by atoms with E-state index in [1.807, 2.05) is 0 Å². The Morgan fingerprint density at radius 3 is 2.25 bits per heavy atom. The highest BCUT2D eigenvalue weighted by atomic mass is 35.5. The Kier molecular flexibility index (Phi) is 6.04. The Morgan fingerprint density at radius 2 is 1.85 bits per heavy atom. The minimum atomic E-state index is -3.56. The Morgan fingerprint density at radius 1 is 1.30 bits per heavy atom. The molecule has 1 unspecified atom stereocenters. The highest BCUT2D eigenvalue weighted by Gasteiger charge is 2.25. The maximum atomic E-state index is 12.4. The van der Waals surface area contributed by atoms with E-state index in [9.17, 15) is 8.42 Å². The molecule has 116 valence electrons. The molecule has 1 heterocycles. The van der Waals surface area contributed by atoms with E-state index in [4.69, 9.17) is 11.6 Å². The van der Waals surface area contributed by atoms with Gasteiger partial charge in [0.15, 0.2) is 0 Å². The van der Waals surface area contributed by atoms with Crippen molar-refractivity contribution < 1.29 is 8.42 Å². The first-order valence-electron chi connectivity index (χ1n) is 6.88. The van der Waals surface area contributed by atoms with Crippen molar-refractivity contribution >= 4 is 21.6 Å². The molecular weight excluding hydrogens is 298 g/mol. The smallest absolute Gasteiger partial charge is 0.244 e. The quantitative estimate of drug-likeness (QED) is 0.784. The van der Waals surface area contributed by atoms with E-state index >= 15 is 0 Å². The van der Waals surface area contributed by atoms with Crippen molar-refractivity contribution in [2.75, 3.05) is 6.54 Å². The monoisotopic (exact) mass is 321 g/mol. The van der Waals surface area contributed by atoms with Gasteiger partial charge >= 0.3 is 0 Å². The third-order valence-corrected chi connectivity index (χ3v) is 5.93. The second-order valence-corrected chi connectivity index (χ2v) is 7.33. The summed E-state index contributed by atoms with van der Waals surface area (Å²) in [5.74, 6) is 0.315. The molecule has 0 amide bonds. The van der Waals surface area contributed by atoms with E-state index in [1.54, 1.807) is 25.6 Å². The lowest BCUT2D eigenvalue weighted by Gasteiger charge is -2.19. The Balaban J connectivity index is 2.86. The summed E-state index contributed by atoms with van der Waals surface area (Å²) in [5, 5.41) is 3.94. The van der Waals surface area contributed by atoms with Crippen molar-refractivity contribution in [3.63, 3.8) is 0 Å². The van der Waals surface area contributed by atoms with Crippen LogP contribution in [0.1, 0.15) is 38.1 Å². The topological polar surface area (TPSA) is 64.0 Å². The zero-order chi connectivity index (χ0) is 15.5. The zero-order valence-corrected chi connectivity index (χ0v) is 14.3. The van der Waals surface area contributed by atoms with Crippen molar-refractivity contribution in [2.45, 2.75) is 50.8 Å². The lowest BCUT2D eigenvalue weighted by atomic mass is 9.99. The van der Waals surface area contributed by atoms with Gasteiger partial charge in [-0.05, 0) is 19.8 Å². The van der Waals surface area contributed by atoms with Crippen LogP contribution in [0.2, 0.25) is 0 Å². The molecule has 0 saturated heterocycles. The van der Waals surface area contributed by atoms with Gasteiger partial charge in [0.1, 0.15) is 4.90 Å². The number of rotatable bonds is 7. The van der Waals surface area contributed by atoms with Crippen molar-refractivity contribution in [3.05, 3.63) is 11.4 Å². The normalized spacial score (nSPS) is 13.9. The highest BCUT2D eigenvalue weighted by molar-refractivity contribution is 7.89. The molecule has 1 rings (SSSR count). The minimum absolute atomic E-state index is 0.197. The summed E-state index contributed by atoms with van der Waals surface area (Å²) < 4.78 is 28.9. The molecule has 0 aliphatic heterocycles. The summed E-state index contributed by atoms with van der Waals surface area (Å²) in [4.78, 5) is 0.258. The van der Waals surface area contributed by atoms with Gasteiger partial charge in [-0.15, -0.1) is 11.6 Å². The van der Waals surface area contributed by atoms with Crippen LogP contribution >= 0.6 is 11.6 Å². The first kappa shape index (κ1) is 17.5. The molecule has 0 saturated carbocycles. The van der Waals surface area contributed by atoms with Crippen LogP contribution in [-0.2, 0) is 17.1 Å². The molecule has 5 nitrogen and oxygen atoms in total. The molecule has 1 aromatic heterocycles. The van der Waals surface area contributed by atoms with Gasteiger partial charge in [0.25, 0.3) is 0 Å². The van der Waals surface area contributed by atoms with E-state index in [2.05, 4.69) is 23.7 Å². The van der Waals surface area contributed by atoms with Gasteiger partial charge in [-0.2, -0.15) is 5.10 Å². The number of hydrogen-bond donors (Lipinski definition) is 1. The van der Waals surface area contributed by atoms with Gasteiger partial charge < -0.3 is 0 Å². The molecule has 0 aromatic carbocycles. The first-order chi connectivity index (χ1) is 9.24. The second-order valence-electron chi connectivity index (χ2n) is 5.07. The molecule has 0 aliphatic carbocycles. The van der Waals surface area contributed by atoms with Crippen LogP contribution in [0, 0.1) is 19.8 Å². The van der Waals surface area contributed by atoms with Gasteiger partial charge in [-0.25, -0.2) is 13.1 Å². The fraction of sp³-hybridized carbons (Fsp3) is 0.769. The third-order valence-electron chi connectivity index (χ3n) is 3.74. The summed E-state index contributed by atoms with van der Waals surface area (Å²) in [7, 11) is -1.83. The number of aryl methyl sites for hydroxylation is 2. The van der Waals surface area contributed by atoms with Gasteiger partial charge in [-0.1, -0.05) is 26.7 Å². The molecule has 0 spiro atoms. The number of aromatic nitrogens is 2. The first-order valence-corrected chi connectivity index (χ1v) is 8.80. The molecule has 0 bridgehead atoms. The summed E-state index contributed by atoms with van der Waals surface area (Å²) in [5.41, 5.74) is 1.13. The van der Waals surface area contributed by atoms with E-state index < -0.39 is 10.0 Å². The van der Waals surface area contributed by atoms with Crippen LogP contribution < -0.4 is 4.72 Å². The molecule has 20 heavy (non-hydrogen) atoms. The molecule has 1 atom stereocenters. The van der Waals surface area contributed by atoms with Crippen LogP contribution in [0.5, 0.6) is 0 Å². The lowest BCUT2D eigenvalue weighted by Crippen LogP contribution is -2.33. The Bertz CT molecular complexity index is 550. The summed E-state index contributed by atoms with van der Waals surface area (Å²) >= 11 is 6.28. The van der Waals surface area contributed by atoms with Crippen molar-refractivity contribution in [2.24, 2.45) is 13.0 Å². The average Bonchev–Trinajstić information content (AvgIpc) is 2.63. The number of hydrogen-bond acceptors (Lipinski definition) is 3. The summed E-state index contributed by atoms with van der Waals surface area (Å²) in [6, 6.07) is 0. The maximum Gasteiger partial charge on any atom is 0.244 e. The third kappa shape index (κ3) is 3.74. The fourth-order valence-electron chi connectivity index (χ4n) is 2.37. The lowest BCUT2D eigenvalue weighted by molar-refractivity contribution is 0.460. The van der Waals surface area contributed by atoms with Gasteiger partial charge in [0.05, 0.1) is 11.4 Å². The van der Waals surface area contributed by atoms with Crippen LogP contribution in [0.25, 0.3) is 0 Å². The van der Waals surface area contributed by atoms with Crippen molar-refractivity contribution in [3.8, 4) is 0 Å². The molecule has 1 N–H and O–H groups in total. The molecule has 7 heteroatoms. The number of alkyl halides is 1. The van der Waals surface area contributed by atoms with Crippen LogP contribution in [-0.4, -0.2) is 30.1 Å². The largest absolute Gasteiger partial charge is 0.271 e. The standard InChI is InChI=1S/C13H24ClN3O2S/c1-6-11(7-2)12(14)8-15-20(18,19)13-9(3)16-17(5)10(13)4/h11-12,15H,6-8H2,1-5H3. The van der Waals surface area contributed by atoms with Crippen molar-refractivity contribution in [1.29, 1.82) is 0 Å². The molecule has 1 aromatic rings. The summed E-state index contributed by atoms with van der Waals surface area (Å²) in [6.45, 7) is 7.80. The molecule has 0 fully saturated rings. The van der Waals surface area contributed by atoms with E-state index in [1.165, 1.54) is 0 Å². The number of nitrogens with zero attached hydrogens (tertiary/aromatic N) is 2. The second kappa shape index (κ2) is 6.91. The van der Waals surface area contributed by atoms with Gasteiger partial charge in [-0.3, -0.25) is 4.68 Å². The zero-order valence-electron chi connectivity index (χ0n) is 12.8. The highest BCUT2D eigenvalue weighted by Crippen LogP contribution is 2.21. The van der Waals surface area contributed by atoms with Crippen LogP contribution in [0.4, 0.5) is 0 Å². The van der Waals surface area contributed by atoms with E-state index in [0.29, 0.717) is 17.3 Å². The molecule has 0 radical (unpaired) electrons. The SMILES string of the molecule is CCC(CC)C(Cl)CNS(=O)(=O)c1c(C)nn(C)c1C. The fourth-order valence-corrected chi connectivity index (χ4v) is 4.39. The van der Waals surface area contributed by atoms with E-state index in [-0.39, 0.29) is 16.8 Å². The molecule has 0 aliphatic rings. The predicted octanol–water partition coefficient (Wildman–Crippen LogP) is 2.36. The number of nitrogens with one attached hydrogen (secondary N) is 1. The maximum absolute atomic E-state index is 12.4. The van der Waals surface area contributed by atoms with Crippen molar-refractivity contribution in [1.82, 2.24) is 14.5 Å². The average molecular weight is 322 g/mol. The molecular formula is C13H24ClN3O2S. The summed E-state index contributed by atoms with van der Waals surface area (Å²) in [6.07, 6.45) is 1.88. The van der Waals surface area contributed by atoms with Crippen LogP contribution in [0.3, 0.4) is 0 Å². The Hall–Kier alpha value is -0.590. The van der Waals surface area contributed by atoms with Crippen LogP contribution in [0.15, 0.2) is 4.90 Å². The van der Waals surface area contributed by atoms with Gasteiger partial charge in [0, 0.05) is 19.0 Å². The number of sulfonamides is 1. The van der Waals surface area contributed by atoms with Gasteiger partial charge in [0.2, 0.25) is 10.0 Å².